The summed E-state index contributed by atoms with van der Waals surface area (Å²) < 4.78 is 32.9. The van der Waals surface area contributed by atoms with Gasteiger partial charge in [0.1, 0.15) is 17.4 Å². The Kier molecular flexibility index (Phi) is 4.11. The molecule has 0 fully saturated rings. The van der Waals surface area contributed by atoms with E-state index < -0.39 is 17.0 Å². The molecule has 3 rings (SSSR count). The van der Waals surface area contributed by atoms with Gasteiger partial charge in [0.05, 0.1) is 12.0 Å². The minimum absolute atomic E-state index is 0.0338. The number of hydrogen-bond donors (Lipinski definition) is 0. The molecule has 1 atom stereocenters. The molecule has 0 aliphatic carbocycles. The van der Waals surface area contributed by atoms with Gasteiger partial charge in [-0.2, -0.15) is 0 Å². The topological polar surface area (TPSA) is 9.23 Å². The maximum absolute atomic E-state index is 13.7. The predicted molar refractivity (Wildman–Crippen MR) is 78.9 cm³/mol. The van der Waals surface area contributed by atoms with Crippen molar-refractivity contribution in [1.82, 2.24) is 0 Å². The highest BCUT2D eigenvalue weighted by atomic mass is 35.5. The van der Waals surface area contributed by atoms with Crippen molar-refractivity contribution in [3.8, 4) is 5.75 Å². The lowest BCUT2D eigenvalue weighted by Gasteiger charge is -2.19. The van der Waals surface area contributed by atoms with Crippen LogP contribution >= 0.6 is 11.6 Å². The molecule has 1 heterocycles. The Morgan fingerprint density at radius 3 is 2.67 bits per heavy atom. The normalized spacial score (nSPS) is 15.2. The first-order valence-electron chi connectivity index (χ1n) is 6.98. The van der Waals surface area contributed by atoms with Crippen molar-refractivity contribution < 1.29 is 13.5 Å². The predicted octanol–water partition coefficient (Wildman–Crippen LogP) is 4.81. The molecule has 4 heteroatoms. The van der Waals surface area contributed by atoms with Crippen LogP contribution in [-0.2, 0) is 12.8 Å². The molecule has 21 heavy (non-hydrogen) atoms. The van der Waals surface area contributed by atoms with Crippen molar-refractivity contribution in [3.05, 3.63) is 64.7 Å². The Bertz CT molecular complexity index is 637. The number of ether oxygens (including phenoxy) is 1. The van der Waals surface area contributed by atoms with Gasteiger partial charge in [-0.05, 0) is 48.6 Å². The molecule has 2 aromatic carbocycles. The highest BCUT2D eigenvalue weighted by molar-refractivity contribution is 6.20. The first-order chi connectivity index (χ1) is 10.1. The van der Waals surface area contributed by atoms with Crippen molar-refractivity contribution in [3.63, 3.8) is 0 Å². The third-order valence-corrected chi connectivity index (χ3v) is 4.15. The van der Waals surface area contributed by atoms with Crippen LogP contribution in [-0.4, -0.2) is 6.61 Å². The maximum atomic E-state index is 13.7. The van der Waals surface area contributed by atoms with Gasteiger partial charge < -0.3 is 4.74 Å². The molecule has 0 radical (unpaired) electrons. The molecule has 0 amide bonds. The van der Waals surface area contributed by atoms with E-state index in [0.717, 1.165) is 36.3 Å². The first kappa shape index (κ1) is 14.3. The molecule has 1 aliphatic heterocycles. The van der Waals surface area contributed by atoms with Gasteiger partial charge in [-0.15, -0.1) is 11.6 Å². The zero-order valence-corrected chi connectivity index (χ0v) is 12.2. The summed E-state index contributed by atoms with van der Waals surface area (Å²) in [5.74, 6) is -0.227. The second kappa shape index (κ2) is 6.02. The standard InChI is InChI=1S/C17H15ClF2O/c18-14(10-13-15(19)4-1-5-16(13)20)11-6-7-17-12(9-11)3-2-8-21-17/h1,4-7,9,14H,2-3,8,10H2. The monoisotopic (exact) mass is 308 g/mol. The van der Waals surface area contributed by atoms with Gasteiger partial charge in [0.15, 0.2) is 0 Å². The van der Waals surface area contributed by atoms with E-state index in [9.17, 15) is 8.78 Å². The van der Waals surface area contributed by atoms with Crippen LogP contribution in [0.2, 0.25) is 0 Å². The van der Waals surface area contributed by atoms with E-state index in [0.29, 0.717) is 0 Å². The molecule has 0 saturated heterocycles. The van der Waals surface area contributed by atoms with Crippen LogP contribution in [0.3, 0.4) is 0 Å². The van der Waals surface area contributed by atoms with Crippen LogP contribution in [0.1, 0.15) is 28.5 Å². The lowest BCUT2D eigenvalue weighted by atomic mass is 9.98. The van der Waals surface area contributed by atoms with Crippen LogP contribution < -0.4 is 4.74 Å². The largest absolute Gasteiger partial charge is 0.493 e. The van der Waals surface area contributed by atoms with Crippen LogP contribution in [0.5, 0.6) is 5.75 Å². The Hall–Kier alpha value is -1.61. The molecular weight excluding hydrogens is 294 g/mol. The summed E-state index contributed by atoms with van der Waals surface area (Å²) in [4.78, 5) is 0. The van der Waals surface area contributed by atoms with Crippen LogP contribution in [0.4, 0.5) is 8.78 Å². The van der Waals surface area contributed by atoms with Gasteiger partial charge in [0.25, 0.3) is 0 Å². The summed E-state index contributed by atoms with van der Waals surface area (Å²) in [7, 11) is 0. The zero-order chi connectivity index (χ0) is 14.8. The molecule has 110 valence electrons. The zero-order valence-electron chi connectivity index (χ0n) is 11.4. The molecule has 0 aromatic heterocycles. The first-order valence-corrected chi connectivity index (χ1v) is 7.41. The number of fused-ring (bicyclic) bond motifs is 1. The van der Waals surface area contributed by atoms with Crippen LogP contribution in [0, 0.1) is 11.6 Å². The second-order valence-electron chi connectivity index (χ2n) is 5.19. The number of benzene rings is 2. The van der Waals surface area contributed by atoms with Gasteiger partial charge in [-0.3, -0.25) is 0 Å². The molecule has 2 aromatic rings. The molecule has 0 spiro atoms. The van der Waals surface area contributed by atoms with Gasteiger partial charge in [-0.1, -0.05) is 18.2 Å². The smallest absolute Gasteiger partial charge is 0.129 e. The third kappa shape index (κ3) is 3.03. The van der Waals surface area contributed by atoms with Crippen molar-refractivity contribution in [2.24, 2.45) is 0 Å². The summed E-state index contributed by atoms with van der Waals surface area (Å²) in [6.45, 7) is 0.733. The molecule has 1 nitrogen and oxygen atoms in total. The molecule has 0 saturated carbocycles. The number of rotatable bonds is 3. The highest BCUT2D eigenvalue weighted by Crippen LogP contribution is 2.32. The van der Waals surface area contributed by atoms with E-state index in [4.69, 9.17) is 16.3 Å². The summed E-state index contributed by atoms with van der Waals surface area (Å²) in [6, 6.07) is 9.58. The molecular formula is C17H15ClF2O. The number of alkyl halides is 1. The molecule has 0 N–H and O–H groups in total. The van der Waals surface area contributed by atoms with Gasteiger partial charge in [0.2, 0.25) is 0 Å². The average molecular weight is 309 g/mol. The maximum Gasteiger partial charge on any atom is 0.129 e. The quantitative estimate of drug-likeness (QED) is 0.739. The third-order valence-electron chi connectivity index (χ3n) is 3.74. The lowest BCUT2D eigenvalue weighted by Crippen LogP contribution is -2.09. The van der Waals surface area contributed by atoms with E-state index in [1.807, 2.05) is 18.2 Å². The van der Waals surface area contributed by atoms with Crippen molar-refractivity contribution >= 4 is 11.6 Å². The Morgan fingerprint density at radius 1 is 1.14 bits per heavy atom. The Labute approximate surface area is 127 Å². The minimum atomic E-state index is -0.554. The van der Waals surface area contributed by atoms with E-state index in [1.54, 1.807) is 0 Å². The summed E-state index contributed by atoms with van der Waals surface area (Å²) >= 11 is 6.35. The fourth-order valence-electron chi connectivity index (χ4n) is 2.60. The number of aryl methyl sites for hydroxylation is 1. The summed E-state index contributed by atoms with van der Waals surface area (Å²) in [6.07, 6.45) is 2.05. The fourth-order valence-corrected chi connectivity index (χ4v) is 2.89. The van der Waals surface area contributed by atoms with E-state index >= 15 is 0 Å². The van der Waals surface area contributed by atoms with Gasteiger partial charge in [-0.25, -0.2) is 8.78 Å². The van der Waals surface area contributed by atoms with E-state index in [2.05, 4.69) is 0 Å². The second-order valence-corrected chi connectivity index (χ2v) is 5.72. The number of hydrogen-bond acceptors (Lipinski definition) is 1. The van der Waals surface area contributed by atoms with Crippen LogP contribution in [0.15, 0.2) is 36.4 Å². The van der Waals surface area contributed by atoms with E-state index in [1.165, 1.54) is 18.2 Å². The van der Waals surface area contributed by atoms with Crippen molar-refractivity contribution in [1.29, 1.82) is 0 Å². The van der Waals surface area contributed by atoms with Gasteiger partial charge in [0, 0.05) is 5.56 Å². The molecule has 1 aliphatic rings. The summed E-state index contributed by atoms with van der Waals surface area (Å²) in [5.41, 5.74) is 2.01. The Morgan fingerprint density at radius 2 is 1.90 bits per heavy atom. The fraction of sp³-hybridized carbons (Fsp3) is 0.294. The average Bonchev–Trinajstić information content (AvgIpc) is 2.50. The number of halogens is 3. The van der Waals surface area contributed by atoms with E-state index in [-0.39, 0.29) is 12.0 Å². The lowest BCUT2D eigenvalue weighted by molar-refractivity contribution is 0.288. The van der Waals surface area contributed by atoms with Crippen LogP contribution in [0.25, 0.3) is 0 Å². The summed E-state index contributed by atoms with van der Waals surface area (Å²) in [5, 5.41) is -0.469. The molecule has 0 bridgehead atoms. The minimum Gasteiger partial charge on any atom is -0.493 e. The van der Waals surface area contributed by atoms with Gasteiger partial charge >= 0.3 is 0 Å². The Balaban J connectivity index is 1.84. The SMILES string of the molecule is Fc1cccc(F)c1CC(Cl)c1ccc2c(c1)CCCO2. The van der Waals surface area contributed by atoms with Crippen molar-refractivity contribution in [2.75, 3.05) is 6.61 Å². The molecule has 1 unspecified atom stereocenters. The highest BCUT2D eigenvalue weighted by Gasteiger charge is 2.18. The van der Waals surface area contributed by atoms with Crippen molar-refractivity contribution in [2.45, 2.75) is 24.6 Å².